The standard InChI is InChI=1S/C12H10ClNOS/c1-7(15)12-14-11(8(2)16-12)9-4-3-5-10(13)6-9/h3-6H,1-2H3. The molecule has 2 nitrogen and oxygen atoms in total. The van der Waals surface area contributed by atoms with Gasteiger partial charge < -0.3 is 0 Å². The second kappa shape index (κ2) is 4.36. The lowest BCUT2D eigenvalue weighted by Gasteiger charge is -1.98. The fourth-order valence-corrected chi connectivity index (χ4v) is 2.47. The van der Waals surface area contributed by atoms with Crippen molar-refractivity contribution in [3.8, 4) is 11.3 Å². The Morgan fingerprint density at radius 1 is 1.44 bits per heavy atom. The maximum absolute atomic E-state index is 11.2. The number of hydrogen-bond acceptors (Lipinski definition) is 3. The molecule has 0 aliphatic rings. The molecule has 0 radical (unpaired) electrons. The summed E-state index contributed by atoms with van der Waals surface area (Å²) in [6.07, 6.45) is 0. The fourth-order valence-electron chi connectivity index (χ4n) is 1.45. The van der Waals surface area contributed by atoms with Crippen molar-refractivity contribution in [2.24, 2.45) is 0 Å². The molecule has 0 saturated heterocycles. The summed E-state index contributed by atoms with van der Waals surface area (Å²) in [5.74, 6) is 0.00128. The van der Waals surface area contributed by atoms with Crippen LogP contribution in [0.4, 0.5) is 0 Å². The Hall–Kier alpha value is -1.19. The normalized spacial score (nSPS) is 10.4. The quantitative estimate of drug-likeness (QED) is 0.756. The number of Topliss-reactive ketones (excluding diaryl/α,β-unsaturated/α-hetero) is 1. The highest BCUT2D eigenvalue weighted by Gasteiger charge is 2.12. The summed E-state index contributed by atoms with van der Waals surface area (Å²) < 4.78 is 0. The van der Waals surface area contributed by atoms with Crippen molar-refractivity contribution in [1.29, 1.82) is 0 Å². The molecule has 1 heterocycles. The lowest BCUT2D eigenvalue weighted by atomic mass is 10.1. The molecular weight excluding hydrogens is 242 g/mol. The van der Waals surface area contributed by atoms with Crippen LogP contribution in [0.2, 0.25) is 5.02 Å². The van der Waals surface area contributed by atoms with Crippen LogP contribution in [0.3, 0.4) is 0 Å². The van der Waals surface area contributed by atoms with Crippen molar-refractivity contribution in [3.05, 3.63) is 39.2 Å². The lowest BCUT2D eigenvalue weighted by molar-refractivity contribution is 0.101. The van der Waals surface area contributed by atoms with Crippen LogP contribution in [-0.2, 0) is 0 Å². The molecule has 4 heteroatoms. The SMILES string of the molecule is CC(=O)c1nc(-c2cccc(Cl)c2)c(C)s1. The van der Waals surface area contributed by atoms with E-state index in [2.05, 4.69) is 4.98 Å². The largest absolute Gasteiger partial charge is 0.292 e. The zero-order valence-electron chi connectivity index (χ0n) is 8.95. The van der Waals surface area contributed by atoms with Gasteiger partial charge in [0.1, 0.15) is 0 Å². The van der Waals surface area contributed by atoms with Crippen LogP contribution < -0.4 is 0 Å². The summed E-state index contributed by atoms with van der Waals surface area (Å²) in [6, 6.07) is 7.49. The molecule has 0 aliphatic carbocycles. The summed E-state index contributed by atoms with van der Waals surface area (Å²) >= 11 is 7.34. The van der Waals surface area contributed by atoms with E-state index in [0.29, 0.717) is 10.0 Å². The van der Waals surface area contributed by atoms with E-state index in [1.807, 2.05) is 31.2 Å². The van der Waals surface area contributed by atoms with Crippen LogP contribution in [-0.4, -0.2) is 10.8 Å². The smallest absolute Gasteiger partial charge is 0.188 e. The van der Waals surface area contributed by atoms with Gasteiger partial charge in [-0.3, -0.25) is 4.79 Å². The topological polar surface area (TPSA) is 30.0 Å². The Bertz CT molecular complexity index is 548. The van der Waals surface area contributed by atoms with Gasteiger partial charge in [-0.25, -0.2) is 4.98 Å². The Balaban J connectivity index is 2.52. The molecule has 1 aromatic carbocycles. The predicted octanol–water partition coefficient (Wildman–Crippen LogP) is 3.97. The van der Waals surface area contributed by atoms with E-state index >= 15 is 0 Å². The number of aryl methyl sites for hydroxylation is 1. The molecule has 0 bridgehead atoms. The second-order valence-electron chi connectivity index (χ2n) is 3.49. The summed E-state index contributed by atoms with van der Waals surface area (Å²) in [4.78, 5) is 16.6. The van der Waals surface area contributed by atoms with E-state index in [4.69, 9.17) is 11.6 Å². The minimum Gasteiger partial charge on any atom is -0.292 e. The number of benzene rings is 1. The Kier molecular flexibility index (Phi) is 3.08. The minimum absolute atomic E-state index is 0.00128. The molecule has 0 unspecified atom stereocenters. The van der Waals surface area contributed by atoms with Gasteiger partial charge in [0.2, 0.25) is 0 Å². The van der Waals surface area contributed by atoms with Crippen molar-refractivity contribution in [2.75, 3.05) is 0 Å². The van der Waals surface area contributed by atoms with E-state index in [1.54, 1.807) is 0 Å². The van der Waals surface area contributed by atoms with Gasteiger partial charge in [-0.1, -0.05) is 23.7 Å². The molecule has 16 heavy (non-hydrogen) atoms. The van der Waals surface area contributed by atoms with Crippen molar-refractivity contribution in [2.45, 2.75) is 13.8 Å². The Labute approximate surface area is 103 Å². The summed E-state index contributed by atoms with van der Waals surface area (Å²) in [7, 11) is 0. The maximum atomic E-state index is 11.2. The van der Waals surface area contributed by atoms with Gasteiger partial charge in [-0.2, -0.15) is 0 Å². The van der Waals surface area contributed by atoms with Gasteiger partial charge in [0.25, 0.3) is 0 Å². The molecule has 2 aromatic rings. The number of thiazole rings is 1. The third-order valence-corrected chi connectivity index (χ3v) is 3.50. The third-order valence-electron chi connectivity index (χ3n) is 2.20. The van der Waals surface area contributed by atoms with Crippen LogP contribution >= 0.6 is 22.9 Å². The number of ketones is 1. The third kappa shape index (κ3) is 2.15. The number of carbonyl (C=O) groups excluding carboxylic acids is 1. The van der Waals surface area contributed by atoms with E-state index < -0.39 is 0 Å². The van der Waals surface area contributed by atoms with E-state index in [0.717, 1.165) is 16.1 Å². The Morgan fingerprint density at radius 2 is 2.19 bits per heavy atom. The molecule has 0 atom stereocenters. The predicted molar refractivity (Wildman–Crippen MR) is 67.3 cm³/mol. The number of halogens is 1. The van der Waals surface area contributed by atoms with Crippen LogP contribution in [0.5, 0.6) is 0 Å². The molecule has 0 N–H and O–H groups in total. The highest BCUT2D eigenvalue weighted by atomic mass is 35.5. The van der Waals surface area contributed by atoms with Crippen molar-refractivity contribution in [3.63, 3.8) is 0 Å². The molecule has 82 valence electrons. The van der Waals surface area contributed by atoms with Crippen molar-refractivity contribution >= 4 is 28.7 Å². The van der Waals surface area contributed by atoms with Gasteiger partial charge in [0, 0.05) is 22.4 Å². The zero-order valence-corrected chi connectivity index (χ0v) is 10.5. The van der Waals surface area contributed by atoms with Crippen LogP contribution in [0.25, 0.3) is 11.3 Å². The molecular formula is C12H10ClNOS. The van der Waals surface area contributed by atoms with Gasteiger partial charge >= 0.3 is 0 Å². The first-order valence-corrected chi connectivity index (χ1v) is 6.01. The summed E-state index contributed by atoms with van der Waals surface area (Å²) in [6.45, 7) is 3.49. The molecule has 2 rings (SSSR count). The van der Waals surface area contributed by atoms with Crippen LogP contribution in [0.15, 0.2) is 24.3 Å². The highest BCUT2D eigenvalue weighted by molar-refractivity contribution is 7.14. The monoisotopic (exact) mass is 251 g/mol. The average molecular weight is 252 g/mol. The first-order chi connectivity index (χ1) is 7.58. The number of aromatic nitrogens is 1. The highest BCUT2D eigenvalue weighted by Crippen LogP contribution is 2.29. The van der Waals surface area contributed by atoms with E-state index in [-0.39, 0.29) is 5.78 Å². The van der Waals surface area contributed by atoms with Crippen molar-refractivity contribution in [1.82, 2.24) is 4.98 Å². The number of hydrogen-bond donors (Lipinski definition) is 0. The average Bonchev–Trinajstić information content (AvgIpc) is 2.60. The Morgan fingerprint density at radius 3 is 2.75 bits per heavy atom. The zero-order chi connectivity index (χ0) is 11.7. The number of carbonyl (C=O) groups is 1. The van der Waals surface area contributed by atoms with Crippen LogP contribution in [0, 0.1) is 6.92 Å². The molecule has 0 amide bonds. The minimum atomic E-state index is 0.00128. The molecule has 0 spiro atoms. The molecule has 1 aromatic heterocycles. The molecule has 0 fully saturated rings. The summed E-state index contributed by atoms with van der Waals surface area (Å²) in [5.41, 5.74) is 1.80. The van der Waals surface area contributed by atoms with Gasteiger partial charge in [-0.05, 0) is 19.1 Å². The maximum Gasteiger partial charge on any atom is 0.188 e. The van der Waals surface area contributed by atoms with Crippen molar-refractivity contribution < 1.29 is 4.79 Å². The van der Waals surface area contributed by atoms with Crippen LogP contribution in [0.1, 0.15) is 21.6 Å². The first kappa shape index (κ1) is 11.3. The van der Waals surface area contributed by atoms with Gasteiger partial charge in [0.15, 0.2) is 10.8 Å². The molecule has 0 aliphatic heterocycles. The number of nitrogens with zero attached hydrogens (tertiary/aromatic N) is 1. The van der Waals surface area contributed by atoms with Gasteiger partial charge in [0.05, 0.1) is 5.69 Å². The second-order valence-corrected chi connectivity index (χ2v) is 5.13. The summed E-state index contributed by atoms with van der Waals surface area (Å²) in [5, 5.41) is 1.22. The molecule has 0 saturated carbocycles. The lowest BCUT2D eigenvalue weighted by Crippen LogP contribution is -1.89. The van der Waals surface area contributed by atoms with Gasteiger partial charge in [-0.15, -0.1) is 11.3 Å². The fraction of sp³-hybridized carbons (Fsp3) is 0.167. The van der Waals surface area contributed by atoms with E-state index in [1.165, 1.54) is 18.3 Å². The first-order valence-electron chi connectivity index (χ1n) is 4.82. The number of rotatable bonds is 2. The van der Waals surface area contributed by atoms with E-state index in [9.17, 15) is 4.79 Å².